The highest BCUT2D eigenvalue weighted by molar-refractivity contribution is 6.47. The molecule has 11 nitrogen and oxygen atoms in total. The van der Waals surface area contributed by atoms with Gasteiger partial charge in [-0.1, -0.05) is 39.2 Å². The first-order valence-electron chi connectivity index (χ1n) is 13.7. The second-order valence-electron chi connectivity index (χ2n) is 12.3. The lowest BCUT2D eigenvalue weighted by atomic mass is 9.43. The minimum atomic E-state index is -0.786. The topological polar surface area (TPSA) is 158 Å². The average molecular weight is 533 g/mol. The number of carbonyl (C=O) groups is 2. The zero-order valence-corrected chi connectivity index (χ0v) is 23.4. The van der Waals surface area contributed by atoms with Crippen molar-refractivity contribution in [3.8, 4) is 0 Å². The highest BCUT2D eigenvalue weighted by Crippen LogP contribution is 2.65. The maximum absolute atomic E-state index is 13.5. The second-order valence-corrected chi connectivity index (χ2v) is 12.3. The normalized spacial score (nSPS) is 29.2. The molecule has 1 saturated heterocycles. The van der Waals surface area contributed by atoms with Crippen LogP contribution < -0.4 is 16.5 Å². The van der Waals surface area contributed by atoms with Crippen LogP contribution in [-0.2, 0) is 18.9 Å². The molecule has 3 saturated carbocycles. The molecule has 0 spiro atoms. The first-order valence-corrected chi connectivity index (χ1v) is 13.7. The van der Waals surface area contributed by atoms with Gasteiger partial charge in [0.1, 0.15) is 5.78 Å². The zero-order chi connectivity index (χ0) is 28.3. The molecule has 4 rings (SSSR count). The first kappa shape index (κ1) is 30.1. The molecule has 212 valence electrons. The summed E-state index contributed by atoms with van der Waals surface area (Å²) in [5, 5.41) is 12.9. The van der Waals surface area contributed by atoms with Crippen LogP contribution in [0.4, 0.5) is 0 Å². The maximum atomic E-state index is 13.5. The van der Waals surface area contributed by atoms with Gasteiger partial charge in [-0.15, -0.1) is 6.58 Å². The van der Waals surface area contributed by atoms with Crippen LogP contribution in [0, 0.1) is 39.2 Å². The van der Waals surface area contributed by atoms with Crippen LogP contribution in [-0.4, -0.2) is 54.0 Å². The van der Waals surface area contributed by atoms with Gasteiger partial charge in [0, 0.05) is 25.3 Å². The Morgan fingerprint density at radius 3 is 2.63 bits per heavy atom. The zero-order valence-electron chi connectivity index (χ0n) is 23.4. The van der Waals surface area contributed by atoms with Crippen molar-refractivity contribution in [2.75, 3.05) is 6.54 Å². The number of guanidine groups is 1. The number of hydrazine groups is 1. The van der Waals surface area contributed by atoms with Crippen molar-refractivity contribution < 1.29 is 23.9 Å². The number of ketones is 1. The predicted molar refractivity (Wildman–Crippen MR) is 145 cm³/mol. The number of nitrogens with two attached hydrogens (primary N) is 1. The molecule has 1 amide bonds. The molecule has 0 aromatic heterocycles. The van der Waals surface area contributed by atoms with Crippen LogP contribution in [0.2, 0.25) is 0 Å². The fourth-order valence-electron chi connectivity index (χ4n) is 6.63. The van der Waals surface area contributed by atoms with Crippen LogP contribution in [0.25, 0.3) is 0 Å². The number of allylic oxidation sites excluding steroid dienone is 1. The highest BCUT2D eigenvalue weighted by Gasteiger charge is 2.68. The number of amides is 1. The van der Waals surface area contributed by atoms with E-state index in [-0.39, 0.29) is 60.1 Å². The van der Waals surface area contributed by atoms with E-state index in [1.54, 1.807) is 5.43 Å². The van der Waals surface area contributed by atoms with Crippen LogP contribution >= 0.6 is 0 Å². The third kappa shape index (κ3) is 6.75. The fraction of sp³-hybridized carbons (Fsp3) is 0.808. The van der Waals surface area contributed by atoms with Crippen molar-refractivity contribution >= 4 is 24.8 Å². The lowest BCUT2D eigenvalue weighted by molar-refractivity contribution is -0.525. The van der Waals surface area contributed by atoms with Gasteiger partial charge < -0.3 is 20.4 Å². The molecule has 0 unspecified atom stereocenters. The Morgan fingerprint density at radius 2 is 2.03 bits per heavy atom. The summed E-state index contributed by atoms with van der Waals surface area (Å²) >= 11 is 0. The van der Waals surface area contributed by atoms with Gasteiger partial charge in [-0.2, -0.15) is 0 Å². The molecule has 12 heteroatoms. The Hall–Kier alpha value is -2.47. The first-order chi connectivity index (χ1) is 17.8. The largest absolute Gasteiger partial charge is 0.481 e. The standard InChI is InChI=1S/C26H44BN5O6/c1-7-9-19(33)13-17(10-8-11-29-24(28)31-32(35)36)23(34)30-22(12-16(2)3)27-37-21-15-18-14-20(25(18,4)5)26(21,6)38-27/h7,16-18,20-22H,1,8-15H2,2-6H3,(H,30,34)(H3,28,29,31)/t17-,18+,20+,21-,22+,26+/m1/s1. The second kappa shape index (κ2) is 12.2. The number of carbonyl (C=O) groups excluding carboxylic acids is 2. The van der Waals surface area contributed by atoms with E-state index in [9.17, 15) is 19.7 Å². The highest BCUT2D eigenvalue weighted by atomic mass is 16.7. The summed E-state index contributed by atoms with van der Waals surface area (Å²) < 4.78 is 13.1. The molecule has 2 bridgehead atoms. The van der Waals surface area contributed by atoms with Gasteiger partial charge in [0.15, 0.2) is 5.03 Å². The summed E-state index contributed by atoms with van der Waals surface area (Å²) in [6.45, 7) is 14.8. The summed E-state index contributed by atoms with van der Waals surface area (Å²) in [6, 6.07) is 0. The number of aliphatic imine (C=N–C) groups is 1. The molecule has 0 radical (unpaired) electrons. The van der Waals surface area contributed by atoms with Gasteiger partial charge in [-0.25, -0.2) is 15.1 Å². The van der Waals surface area contributed by atoms with E-state index in [0.717, 1.165) is 12.8 Å². The lowest BCUT2D eigenvalue weighted by Crippen LogP contribution is -2.65. The number of hydrogen-bond donors (Lipinski definition) is 3. The Labute approximate surface area is 226 Å². The van der Waals surface area contributed by atoms with Crippen LogP contribution in [0.15, 0.2) is 17.6 Å². The van der Waals surface area contributed by atoms with Crippen molar-refractivity contribution in [2.45, 2.75) is 97.2 Å². The Morgan fingerprint density at radius 1 is 1.32 bits per heavy atom. The number of hydrogen-bond acceptors (Lipinski definition) is 7. The number of rotatable bonds is 14. The number of Topliss-reactive ketones (excluding diaryl/α,β-unsaturated/α-hetero) is 1. The van der Waals surface area contributed by atoms with Crippen molar-refractivity contribution in [1.29, 1.82) is 0 Å². The smallest absolute Gasteiger partial charge is 0.404 e. The van der Waals surface area contributed by atoms with E-state index in [1.165, 1.54) is 6.08 Å². The van der Waals surface area contributed by atoms with Crippen molar-refractivity contribution in [3.05, 3.63) is 22.8 Å². The van der Waals surface area contributed by atoms with Crippen LogP contribution in [0.3, 0.4) is 0 Å². The summed E-state index contributed by atoms with van der Waals surface area (Å²) in [5.41, 5.74) is 7.10. The van der Waals surface area contributed by atoms with Crippen molar-refractivity contribution in [3.63, 3.8) is 0 Å². The molecule has 1 aliphatic heterocycles. The summed E-state index contributed by atoms with van der Waals surface area (Å²) in [5.74, 6) is -0.201. The molecule has 1 heterocycles. The molecule has 4 N–H and O–H groups in total. The van der Waals surface area contributed by atoms with Gasteiger partial charge in [-0.3, -0.25) is 9.59 Å². The Balaban J connectivity index is 1.68. The third-order valence-electron chi connectivity index (χ3n) is 8.77. The maximum Gasteiger partial charge on any atom is 0.481 e. The van der Waals surface area contributed by atoms with Crippen LogP contribution in [0.1, 0.15) is 79.6 Å². The van der Waals surface area contributed by atoms with E-state index in [0.29, 0.717) is 37.0 Å². The number of nitrogens with zero attached hydrogens (tertiary/aromatic N) is 2. The Kier molecular flexibility index (Phi) is 9.62. The van der Waals surface area contributed by atoms with E-state index in [4.69, 9.17) is 15.0 Å². The molecule has 4 aliphatic rings. The SMILES string of the molecule is C=CCC(=O)C[C@@H](CCCN=C(N)N[N+](=O)[O-])C(=O)N[C@@H](CC(C)C)B1O[C@@H]2C[C@@H]3C[C@@H](C3(C)C)[C@]2(C)O1. The van der Waals surface area contributed by atoms with E-state index in [1.807, 2.05) is 0 Å². The van der Waals surface area contributed by atoms with Gasteiger partial charge in [-0.05, 0) is 62.2 Å². The summed E-state index contributed by atoms with van der Waals surface area (Å²) in [6.07, 6.45) is 5.40. The minimum absolute atomic E-state index is 0.0110. The average Bonchev–Trinajstić information content (AvgIpc) is 3.17. The molecule has 38 heavy (non-hydrogen) atoms. The van der Waals surface area contributed by atoms with Gasteiger partial charge >= 0.3 is 7.12 Å². The van der Waals surface area contributed by atoms with Crippen molar-refractivity contribution in [2.24, 2.45) is 39.8 Å². The molecular formula is C26H44BN5O6. The third-order valence-corrected chi connectivity index (χ3v) is 8.77. The molecule has 0 aromatic rings. The Bertz CT molecular complexity index is 943. The molecular weight excluding hydrogens is 489 g/mol. The molecule has 3 aliphatic carbocycles. The van der Waals surface area contributed by atoms with Gasteiger partial charge in [0.05, 0.1) is 17.6 Å². The van der Waals surface area contributed by atoms with Gasteiger partial charge in [0.2, 0.25) is 5.91 Å². The molecule has 0 aromatic carbocycles. The monoisotopic (exact) mass is 533 g/mol. The fourth-order valence-corrected chi connectivity index (χ4v) is 6.63. The lowest BCUT2D eigenvalue weighted by Gasteiger charge is -2.64. The number of nitro groups is 1. The van der Waals surface area contributed by atoms with E-state index >= 15 is 0 Å². The molecule has 4 fully saturated rings. The summed E-state index contributed by atoms with van der Waals surface area (Å²) in [7, 11) is -0.548. The summed E-state index contributed by atoms with van der Waals surface area (Å²) in [4.78, 5) is 40.3. The molecule has 6 atom stereocenters. The van der Waals surface area contributed by atoms with E-state index < -0.39 is 18.1 Å². The van der Waals surface area contributed by atoms with E-state index in [2.05, 4.69) is 51.5 Å². The number of nitrogens with one attached hydrogen (secondary N) is 2. The quantitative estimate of drug-likeness (QED) is 0.0585. The van der Waals surface area contributed by atoms with Crippen LogP contribution in [0.5, 0.6) is 0 Å². The van der Waals surface area contributed by atoms with Crippen molar-refractivity contribution in [1.82, 2.24) is 10.7 Å². The minimum Gasteiger partial charge on any atom is -0.404 e. The van der Waals surface area contributed by atoms with Gasteiger partial charge in [0.25, 0.3) is 5.96 Å². The predicted octanol–water partition coefficient (Wildman–Crippen LogP) is 2.81.